The Morgan fingerprint density at radius 2 is 1.73 bits per heavy atom. The predicted molar refractivity (Wildman–Crippen MR) is 89.7 cm³/mol. The summed E-state index contributed by atoms with van der Waals surface area (Å²) in [4.78, 5) is 44.7. The average Bonchev–Trinajstić information content (AvgIpc) is 2.58. The fraction of sp³-hybridized carbons (Fsp3) is 0.375. The van der Waals surface area contributed by atoms with E-state index in [9.17, 15) is 29.8 Å². The van der Waals surface area contributed by atoms with E-state index >= 15 is 0 Å². The van der Waals surface area contributed by atoms with Gasteiger partial charge in [0, 0.05) is 16.6 Å². The zero-order valence-electron chi connectivity index (χ0n) is 14.2. The number of ether oxygens (including phenoxy) is 2. The van der Waals surface area contributed by atoms with Crippen LogP contribution in [0.3, 0.4) is 0 Å². The summed E-state index contributed by atoms with van der Waals surface area (Å²) < 4.78 is 9.50. The van der Waals surface area contributed by atoms with Gasteiger partial charge in [0.05, 0.1) is 30.1 Å². The van der Waals surface area contributed by atoms with Gasteiger partial charge >= 0.3 is 18.0 Å². The summed E-state index contributed by atoms with van der Waals surface area (Å²) in [5.74, 6) is -2.00. The van der Waals surface area contributed by atoms with Gasteiger partial charge in [0.1, 0.15) is 0 Å². The van der Waals surface area contributed by atoms with E-state index in [1.165, 1.54) is 38.1 Å². The van der Waals surface area contributed by atoms with Crippen molar-refractivity contribution in [2.24, 2.45) is 0 Å². The molecule has 0 saturated carbocycles. The Bertz CT molecular complexity index is 729. The largest absolute Gasteiger partial charge is 0.463 e. The predicted octanol–water partition coefficient (Wildman–Crippen LogP) is 2.14. The number of carbonyl (C=O) groups excluding carboxylic acids is 2. The fourth-order valence-corrected chi connectivity index (χ4v) is 2.08. The maximum absolute atomic E-state index is 12.1. The minimum atomic E-state index is -1.83. The number of esters is 2. The van der Waals surface area contributed by atoms with Crippen molar-refractivity contribution in [1.82, 2.24) is 0 Å². The molecule has 0 saturated heterocycles. The van der Waals surface area contributed by atoms with E-state index in [-0.39, 0.29) is 30.0 Å². The molecule has 0 aliphatic heterocycles. The monoisotopic (exact) mass is 366 g/mol. The molecule has 0 radical (unpaired) electrons. The lowest BCUT2D eigenvalue weighted by molar-refractivity contribution is -0.509. The van der Waals surface area contributed by atoms with E-state index in [0.717, 1.165) is 6.08 Å². The van der Waals surface area contributed by atoms with Gasteiger partial charge in [0.25, 0.3) is 5.69 Å². The molecule has 0 amide bonds. The van der Waals surface area contributed by atoms with Crippen molar-refractivity contribution in [3.8, 4) is 0 Å². The molecule has 0 fully saturated rings. The fourth-order valence-electron chi connectivity index (χ4n) is 2.08. The third-order valence-electron chi connectivity index (χ3n) is 3.23. The second kappa shape index (κ2) is 9.87. The van der Waals surface area contributed by atoms with Crippen molar-refractivity contribution < 1.29 is 28.9 Å². The Kier molecular flexibility index (Phi) is 7.87. The van der Waals surface area contributed by atoms with Crippen LogP contribution in [0.2, 0.25) is 0 Å². The number of nitro benzene ring substituents is 1. The highest BCUT2D eigenvalue weighted by atomic mass is 16.6. The smallest absolute Gasteiger partial charge is 0.382 e. The zero-order chi connectivity index (χ0) is 19.7. The van der Waals surface area contributed by atoms with Crippen LogP contribution in [0, 0.1) is 20.2 Å². The number of nitro groups is 2. The summed E-state index contributed by atoms with van der Waals surface area (Å²) in [6.45, 7) is 2.96. The number of hydrogen-bond acceptors (Lipinski definition) is 8. The molecule has 1 aromatic carbocycles. The van der Waals surface area contributed by atoms with E-state index in [1.807, 2.05) is 0 Å². The molecule has 1 atom stereocenters. The molecule has 1 unspecified atom stereocenters. The summed E-state index contributed by atoms with van der Waals surface area (Å²) in [5.41, 5.74) is -0.467. The van der Waals surface area contributed by atoms with Gasteiger partial charge in [-0.2, -0.15) is 0 Å². The number of rotatable bonds is 9. The highest BCUT2D eigenvalue weighted by molar-refractivity contribution is 5.95. The van der Waals surface area contributed by atoms with Crippen molar-refractivity contribution in [3.63, 3.8) is 0 Å². The molecule has 0 aliphatic carbocycles. The summed E-state index contributed by atoms with van der Waals surface area (Å²) in [7, 11) is 0. The standard InChI is InChI=1S/C16H18N2O8/c1-3-25-15(19)12(10-14(18(23)24)16(20)26-4-2)9-11-7-5-6-8-13(11)17(21)22/h5-9,14H,3-4,10H2,1-2H3/b12-9+. The molecule has 10 nitrogen and oxygen atoms in total. The molecule has 0 aromatic heterocycles. The first-order valence-electron chi connectivity index (χ1n) is 7.73. The van der Waals surface area contributed by atoms with Crippen LogP contribution in [0.15, 0.2) is 29.8 Å². The van der Waals surface area contributed by atoms with Gasteiger partial charge in [-0.25, -0.2) is 9.59 Å². The van der Waals surface area contributed by atoms with E-state index in [4.69, 9.17) is 4.74 Å². The quantitative estimate of drug-likeness (QED) is 0.280. The van der Waals surface area contributed by atoms with Gasteiger partial charge < -0.3 is 9.47 Å². The first-order chi connectivity index (χ1) is 12.3. The minimum Gasteiger partial charge on any atom is -0.463 e. The Hall–Kier alpha value is -3.30. The highest BCUT2D eigenvalue weighted by Gasteiger charge is 2.34. The lowest BCUT2D eigenvalue weighted by Crippen LogP contribution is -2.33. The molecule has 1 aromatic rings. The van der Waals surface area contributed by atoms with Crippen LogP contribution in [0.5, 0.6) is 0 Å². The summed E-state index contributed by atoms with van der Waals surface area (Å²) in [6.07, 6.45) is 0.503. The number of nitrogens with zero attached hydrogens (tertiary/aromatic N) is 2. The van der Waals surface area contributed by atoms with E-state index in [1.54, 1.807) is 0 Å². The van der Waals surface area contributed by atoms with Crippen molar-refractivity contribution >= 4 is 23.7 Å². The van der Waals surface area contributed by atoms with Crippen LogP contribution in [-0.4, -0.2) is 41.0 Å². The molecular formula is C16H18N2O8. The van der Waals surface area contributed by atoms with Crippen molar-refractivity contribution in [3.05, 3.63) is 55.6 Å². The summed E-state index contributed by atoms with van der Waals surface area (Å²) >= 11 is 0. The Labute approximate surface area is 148 Å². The third kappa shape index (κ3) is 5.65. The van der Waals surface area contributed by atoms with Crippen molar-refractivity contribution in [2.75, 3.05) is 13.2 Å². The Morgan fingerprint density at radius 1 is 1.12 bits per heavy atom. The normalized spacial score (nSPS) is 12.2. The Balaban J connectivity index is 3.32. The lowest BCUT2D eigenvalue weighted by atomic mass is 10.0. The summed E-state index contributed by atoms with van der Waals surface area (Å²) in [6, 6.07) is 3.73. The number of hydrogen-bond donors (Lipinski definition) is 0. The van der Waals surface area contributed by atoms with Crippen LogP contribution in [0.4, 0.5) is 5.69 Å². The summed E-state index contributed by atoms with van der Waals surface area (Å²) in [5, 5.41) is 22.3. The van der Waals surface area contributed by atoms with E-state index < -0.39 is 34.2 Å². The maximum atomic E-state index is 12.1. The van der Waals surface area contributed by atoms with E-state index in [2.05, 4.69) is 4.74 Å². The maximum Gasteiger partial charge on any atom is 0.382 e. The average molecular weight is 366 g/mol. The van der Waals surface area contributed by atoms with Gasteiger partial charge in [0.15, 0.2) is 0 Å². The topological polar surface area (TPSA) is 139 Å². The van der Waals surface area contributed by atoms with Gasteiger partial charge in [-0.15, -0.1) is 0 Å². The zero-order valence-corrected chi connectivity index (χ0v) is 14.2. The SMILES string of the molecule is CCOC(=O)/C(=C/c1ccccc1[N+](=O)[O-])CC(C(=O)OCC)[N+](=O)[O-]. The van der Waals surface area contributed by atoms with Crippen LogP contribution in [-0.2, 0) is 19.1 Å². The van der Waals surface area contributed by atoms with Crippen LogP contribution in [0.1, 0.15) is 25.8 Å². The van der Waals surface area contributed by atoms with Crippen molar-refractivity contribution in [2.45, 2.75) is 26.3 Å². The number of para-hydroxylation sites is 1. The van der Waals surface area contributed by atoms with E-state index in [0.29, 0.717) is 0 Å². The third-order valence-corrected chi connectivity index (χ3v) is 3.23. The molecule has 140 valence electrons. The molecule has 1 rings (SSSR count). The Morgan fingerprint density at radius 3 is 2.27 bits per heavy atom. The molecule has 0 spiro atoms. The molecule has 0 bridgehead atoms. The van der Waals surface area contributed by atoms with Gasteiger partial charge in [-0.3, -0.25) is 20.2 Å². The first-order valence-corrected chi connectivity index (χ1v) is 7.73. The molecule has 0 heterocycles. The van der Waals surface area contributed by atoms with Crippen LogP contribution < -0.4 is 0 Å². The lowest BCUT2D eigenvalue weighted by Gasteiger charge is -2.11. The second-order valence-corrected chi connectivity index (χ2v) is 4.96. The molecule has 10 heteroatoms. The molecule has 0 N–H and O–H groups in total. The van der Waals surface area contributed by atoms with Crippen LogP contribution in [0.25, 0.3) is 6.08 Å². The number of carbonyl (C=O) groups is 2. The van der Waals surface area contributed by atoms with Crippen LogP contribution >= 0.6 is 0 Å². The minimum absolute atomic E-state index is 0.00437. The molecule has 26 heavy (non-hydrogen) atoms. The number of benzene rings is 1. The van der Waals surface area contributed by atoms with Gasteiger partial charge in [-0.05, 0) is 26.0 Å². The highest BCUT2D eigenvalue weighted by Crippen LogP contribution is 2.23. The first kappa shape index (κ1) is 20.7. The van der Waals surface area contributed by atoms with Gasteiger partial charge in [-0.1, -0.05) is 12.1 Å². The second-order valence-electron chi connectivity index (χ2n) is 4.96. The molecular weight excluding hydrogens is 348 g/mol. The molecule has 0 aliphatic rings. The van der Waals surface area contributed by atoms with Crippen molar-refractivity contribution in [1.29, 1.82) is 0 Å². The van der Waals surface area contributed by atoms with Gasteiger partial charge in [0.2, 0.25) is 0 Å².